The molecule has 0 aromatic heterocycles. The van der Waals surface area contributed by atoms with E-state index in [1.165, 1.54) is 32.4 Å². The third-order valence-electron chi connectivity index (χ3n) is 4.60. The molecule has 0 aromatic rings. The van der Waals surface area contributed by atoms with Crippen molar-refractivity contribution in [3.05, 3.63) is 0 Å². The summed E-state index contributed by atoms with van der Waals surface area (Å²) >= 11 is 0. The molecule has 114 valence electrons. The summed E-state index contributed by atoms with van der Waals surface area (Å²) in [5.74, 6) is 0. The van der Waals surface area contributed by atoms with E-state index in [2.05, 4.69) is 44.8 Å². The highest BCUT2D eigenvalue weighted by Gasteiger charge is 2.31. The summed E-state index contributed by atoms with van der Waals surface area (Å²) in [6.45, 7) is 15.7. The SMILES string of the molecule is CCC1(C)CCN(C(CNC(C)(C)C)COC)CC1. The smallest absolute Gasteiger partial charge is 0.0630 e. The van der Waals surface area contributed by atoms with Gasteiger partial charge in [-0.2, -0.15) is 0 Å². The van der Waals surface area contributed by atoms with Crippen molar-refractivity contribution in [3.8, 4) is 0 Å². The fourth-order valence-electron chi connectivity index (χ4n) is 2.69. The predicted octanol–water partition coefficient (Wildman–Crippen LogP) is 2.90. The Labute approximate surface area is 120 Å². The molecule has 1 fully saturated rings. The van der Waals surface area contributed by atoms with E-state index in [1.807, 2.05) is 7.11 Å². The van der Waals surface area contributed by atoms with E-state index in [4.69, 9.17) is 4.74 Å². The Kier molecular flexibility index (Phi) is 6.28. The number of piperidine rings is 1. The molecular weight excluding hydrogens is 236 g/mol. The summed E-state index contributed by atoms with van der Waals surface area (Å²) in [5, 5.41) is 3.62. The highest BCUT2D eigenvalue weighted by atomic mass is 16.5. The van der Waals surface area contributed by atoms with Crippen LogP contribution in [0, 0.1) is 5.41 Å². The van der Waals surface area contributed by atoms with Crippen molar-refractivity contribution in [2.24, 2.45) is 5.41 Å². The lowest BCUT2D eigenvalue weighted by Crippen LogP contribution is -2.52. The van der Waals surface area contributed by atoms with Crippen LogP contribution in [0.1, 0.15) is 53.9 Å². The second-order valence-electron chi connectivity index (χ2n) is 7.44. The van der Waals surface area contributed by atoms with Gasteiger partial charge in [0.1, 0.15) is 0 Å². The molecule has 0 aliphatic carbocycles. The first-order valence-electron chi connectivity index (χ1n) is 7.78. The Morgan fingerprint density at radius 3 is 2.26 bits per heavy atom. The van der Waals surface area contributed by atoms with Gasteiger partial charge in [-0.1, -0.05) is 20.3 Å². The first-order chi connectivity index (χ1) is 8.79. The van der Waals surface area contributed by atoms with Crippen LogP contribution in [0.15, 0.2) is 0 Å². The number of likely N-dealkylation sites (tertiary alicyclic amines) is 1. The number of hydrogen-bond acceptors (Lipinski definition) is 3. The summed E-state index contributed by atoms with van der Waals surface area (Å²) in [5.41, 5.74) is 0.741. The molecule has 0 radical (unpaired) electrons. The van der Waals surface area contributed by atoms with Crippen LogP contribution < -0.4 is 5.32 Å². The van der Waals surface area contributed by atoms with Crippen LogP contribution in [0.5, 0.6) is 0 Å². The molecule has 0 saturated carbocycles. The van der Waals surface area contributed by atoms with Gasteiger partial charge >= 0.3 is 0 Å². The number of rotatable bonds is 6. The highest BCUT2D eigenvalue weighted by molar-refractivity contribution is 4.86. The maximum Gasteiger partial charge on any atom is 0.0630 e. The van der Waals surface area contributed by atoms with Crippen LogP contribution in [0.25, 0.3) is 0 Å². The van der Waals surface area contributed by atoms with Gasteiger partial charge in [0.25, 0.3) is 0 Å². The first-order valence-corrected chi connectivity index (χ1v) is 7.78. The van der Waals surface area contributed by atoms with E-state index >= 15 is 0 Å². The summed E-state index contributed by atoms with van der Waals surface area (Å²) in [7, 11) is 1.81. The topological polar surface area (TPSA) is 24.5 Å². The quantitative estimate of drug-likeness (QED) is 0.803. The molecule has 1 N–H and O–H groups in total. The summed E-state index contributed by atoms with van der Waals surface area (Å²) in [4.78, 5) is 2.61. The Morgan fingerprint density at radius 2 is 1.84 bits per heavy atom. The number of ether oxygens (including phenoxy) is 1. The van der Waals surface area contributed by atoms with E-state index in [1.54, 1.807) is 0 Å². The monoisotopic (exact) mass is 270 g/mol. The van der Waals surface area contributed by atoms with Crippen LogP contribution in [0.4, 0.5) is 0 Å². The molecule has 19 heavy (non-hydrogen) atoms. The van der Waals surface area contributed by atoms with Gasteiger partial charge in [-0.25, -0.2) is 0 Å². The van der Waals surface area contributed by atoms with Gasteiger partial charge in [0, 0.05) is 25.2 Å². The lowest BCUT2D eigenvalue weighted by Gasteiger charge is -2.43. The molecule has 0 aromatic carbocycles. The Bertz CT molecular complexity index is 252. The van der Waals surface area contributed by atoms with Gasteiger partial charge in [-0.05, 0) is 52.1 Å². The fourth-order valence-corrected chi connectivity index (χ4v) is 2.69. The lowest BCUT2D eigenvalue weighted by molar-refractivity contribution is 0.0377. The molecule has 3 heteroatoms. The zero-order valence-corrected chi connectivity index (χ0v) is 13.9. The molecule has 0 amide bonds. The molecular formula is C16H34N2O. The molecule has 1 heterocycles. The van der Waals surface area contributed by atoms with E-state index in [-0.39, 0.29) is 5.54 Å². The van der Waals surface area contributed by atoms with Crippen molar-refractivity contribution in [2.75, 3.05) is 33.4 Å². The van der Waals surface area contributed by atoms with Crippen LogP contribution in [0.3, 0.4) is 0 Å². The number of nitrogens with zero attached hydrogens (tertiary/aromatic N) is 1. The van der Waals surface area contributed by atoms with Crippen molar-refractivity contribution >= 4 is 0 Å². The fraction of sp³-hybridized carbons (Fsp3) is 1.00. The number of methoxy groups -OCH3 is 1. The molecule has 0 bridgehead atoms. The summed E-state index contributed by atoms with van der Waals surface area (Å²) in [6.07, 6.45) is 3.94. The van der Waals surface area contributed by atoms with E-state index in [0.717, 1.165) is 13.2 Å². The van der Waals surface area contributed by atoms with Crippen LogP contribution in [-0.4, -0.2) is 49.8 Å². The van der Waals surface area contributed by atoms with Crippen LogP contribution in [0.2, 0.25) is 0 Å². The van der Waals surface area contributed by atoms with Crippen molar-refractivity contribution < 1.29 is 4.74 Å². The minimum atomic E-state index is 0.180. The Hall–Kier alpha value is -0.120. The Morgan fingerprint density at radius 1 is 1.26 bits per heavy atom. The third kappa shape index (κ3) is 5.80. The molecule has 3 nitrogen and oxygen atoms in total. The molecule has 1 aliphatic rings. The van der Waals surface area contributed by atoms with Gasteiger partial charge in [0.2, 0.25) is 0 Å². The number of nitrogens with one attached hydrogen (secondary N) is 1. The zero-order valence-electron chi connectivity index (χ0n) is 13.9. The standard InChI is InChI=1S/C16H34N2O/c1-7-16(5)8-10-18(11-9-16)14(13-19-6)12-17-15(2,3)4/h14,17H,7-13H2,1-6H3. The van der Waals surface area contributed by atoms with Crippen molar-refractivity contribution in [3.63, 3.8) is 0 Å². The average Bonchev–Trinajstić information content (AvgIpc) is 2.35. The summed E-state index contributed by atoms with van der Waals surface area (Å²) < 4.78 is 5.42. The first kappa shape index (κ1) is 16.9. The van der Waals surface area contributed by atoms with Crippen molar-refractivity contribution in [1.29, 1.82) is 0 Å². The van der Waals surface area contributed by atoms with Crippen LogP contribution >= 0.6 is 0 Å². The number of hydrogen-bond donors (Lipinski definition) is 1. The van der Waals surface area contributed by atoms with Gasteiger partial charge in [-0.3, -0.25) is 4.90 Å². The molecule has 0 spiro atoms. The van der Waals surface area contributed by atoms with Gasteiger partial charge < -0.3 is 10.1 Å². The molecule has 1 atom stereocenters. The van der Waals surface area contributed by atoms with E-state index < -0.39 is 0 Å². The minimum Gasteiger partial charge on any atom is -0.383 e. The van der Waals surface area contributed by atoms with Crippen molar-refractivity contribution in [2.45, 2.75) is 65.5 Å². The average molecular weight is 270 g/mol. The maximum atomic E-state index is 5.42. The van der Waals surface area contributed by atoms with E-state index in [0.29, 0.717) is 11.5 Å². The van der Waals surface area contributed by atoms with Crippen LogP contribution in [-0.2, 0) is 4.74 Å². The molecule has 1 rings (SSSR count). The second-order valence-corrected chi connectivity index (χ2v) is 7.44. The molecule has 1 unspecified atom stereocenters. The second kappa shape index (κ2) is 7.05. The largest absolute Gasteiger partial charge is 0.383 e. The van der Waals surface area contributed by atoms with Gasteiger partial charge in [-0.15, -0.1) is 0 Å². The predicted molar refractivity (Wildman–Crippen MR) is 82.6 cm³/mol. The van der Waals surface area contributed by atoms with Gasteiger partial charge in [0.15, 0.2) is 0 Å². The van der Waals surface area contributed by atoms with Gasteiger partial charge in [0.05, 0.1) is 6.61 Å². The lowest BCUT2D eigenvalue weighted by atomic mass is 9.78. The maximum absolute atomic E-state index is 5.42. The molecule has 1 aliphatic heterocycles. The Balaban J connectivity index is 2.49. The van der Waals surface area contributed by atoms with E-state index in [9.17, 15) is 0 Å². The third-order valence-corrected chi connectivity index (χ3v) is 4.60. The molecule has 1 saturated heterocycles. The minimum absolute atomic E-state index is 0.180. The summed E-state index contributed by atoms with van der Waals surface area (Å²) in [6, 6.07) is 0.505. The highest BCUT2D eigenvalue weighted by Crippen LogP contribution is 2.34. The van der Waals surface area contributed by atoms with Crippen molar-refractivity contribution in [1.82, 2.24) is 10.2 Å². The zero-order chi connectivity index (χ0) is 14.5. The normalized spacial score (nSPS) is 22.4.